The number of halogens is 3. The van der Waals surface area contributed by atoms with E-state index in [9.17, 15) is 13.6 Å². The Labute approximate surface area is 157 Å². The van der Waals surface area contributed by atoms with E-state index < -0.39 is 24.1 Å². The van der Waals surface area contributed by atoms with E-state index in [1.54, 1.807) is 12.3 Å². The van der Waals surface area contributed by atoms with Crippen LogP contribution < -0.4 is 10.1 Å². The van der Waals surface area contributed by atoms with Gasteiger partial charge < -0.3 is 4.74 Å². The maximum atomic E-state index is 13.5. The molecular weight excluding hydrogens is 382 g/mol. The number of nitrogens with one attached hydrogen (secondary N) is 1. The fraction of sp³-hybridized carbons (Fsp3) is 0.111. The van der Waals surface area contributed by atoms with Gasteiger partial charge in [-0.3, -0.25) is 10.1 Å². The molecule has 0 aliphatic rings. The first kappa shape index (κ1) is 18.3. The van der Waals surface area contributed by atoms with Crippen LogP contribution in [-0.2, 0) is 11.2 Å². The van der Waals surface area contributed by atoms with Crippen LogP contribution in [0.3, 0.4) is 0 Å². The van der Waals surface area contributed by atoms with Gasteiger partial charge in [0.05, 0.1) is 0 Å². The molecule has 3 rings (SSSR count). The average molecular weight is 395 g/mol. The van der Waals surface area contributed by atoms with E-state index in [4.69, 9.17) is 16.3 Å². The Kier molecular flexibility index (Phi) is 5.80. The van der Waals surface area contributed by atoms with E-state index in [1.165, 1.54) is 11.3 Å². The second kappa shape index (κ2) is 8.25. The van der Waals surface area contributed by atoms with E-state index in [0.29, 0.717) is 22.6 Å². The van der Waals surface area contributed by atoms with Gasteiger partial charge >= 0.3 is 0 Å². The molecule has 0 radical (unpaired) electrons. The van der Waals surface area contributed by atoms with Crippen molar-refractivity contribution < 1.29 is 18.3 Å². The molecule has 1 amide bonds. The van der Waals surface area contributed by atoms with Crippen molar-refractivity contribution in [3.8, 4) is 5.75 Å². The van der Waals surface area contributed by atoms with E-state index in [-0.39, 0.29) is 5.75 Å². The first-order valence-electron chi connectivity index (χ1n) is 7.56. The van der Waals surface area contributed by atoms with E-state index in [0.717, 1.165) is 22.6 Å². The lowest BCUT2D eigenvalue weighted by Gasteiger charge is -2.06. The highest BCUT2D eigenvalue weighted by Crippen LogP contribution is 2.23. The summed E-state index contributed by atoms with van der Waals surface area (Å²) in [5.41, 5.74) is 1.04. The van der Waals surface area contributed by atoms with E-state index in [2.05, 4.69) is 10.3 Å². The van der Waals surface area contributed by atoms with Crippen molar-refractivity contribution in [2.75, 3.05) is 11.9 Å². The Morgan fingerprint density at radius 2 is 2.08 bits per heavy atom. The van der Waals surface area contributed by atoms with Gasteiger partial charge in [-0.2, -0.15) is 0 Å². The number of thiazole rings is 1. The molecule has 0 fully saturated rings. The molecule has 4 nitrogen and oxygen atoms in total. The largest absolute Gasteiger partial charge is 0.481 e. The quantitative estimate of drug-likeness (QED) is 0.660. The number of benzene rings is 2. The van der Waals surface area contributed by atoms with Crippen molar-refractivity contribution in [3.63, 3.8) is 0 Å². The summed E-state index contributed by atoms with van der Waals surface area (Å²) in [7, 11) is 0. The lowest BCUT2D eigenvalue weighted by atomic mass is 10.1. The Bertz CT molecular complexity index is 933. The highest BCUT2D eigenvalue weighted by Gasteiger charge is 2.10. The maximum absolute atomic E-state index is 13.5. The smallest absolute Gasteiger partial charge is 0.264 e. The van der Waals surface area contributed by atoms with Gasteiger partial charge in [-0.15, -0.1) is 11.3 Å². The molecule has 1 N–H and O–H groups in total. The van der Waals surface area contributed by atoms with Crippen LogP contribution in [0.5, 0.6) is 5.75 Å². The molecule has 0 unspecified atom stereocenters. The Morgan fingerprint density at radius 3 is 2.85 bits per heavy atom. The first-order valence-corrected chi connectivity index (χ1v) is 8.76. The highest BCUT2D eigenvalue weighted by molar-refractivity contribution is 7.15. The number of aromatic nitrogens is 1. The van der Waals surface area contributed by atoms with E-state index >= 15 is 0 Å². The van der Waals surface area contributed by atoms with Crippen LogP contribution in [0.4, 0.5) is 13.9 Å². The molecule has 1 heterocycles. The number of hydrogen-bond acceptors (Lipinski definition) is 4. The second-order valence-corrected chi connectivity index (χ2v) is 6.90. The summed E-state index contributed by atoms with van der Waals surface area (Å²) >= 11 is 7.28. The monoisotopic (exact) mass is 394 g/mol. The van der Waals surface area contributed by atoms with Crippen LogP contribution in [0.25, 0.3) is 0 Å². The van der Waals surface area contributed by atoms with Gasteiger partial charge in [-0.25, -0.2) is 13.8 Å². The molecular formula is C18H13ClF2N2O2S. The number of ether oxygens (including phenoxy) is 1. The number of carbonyl (C=O) groups excluding carboxylic acids is 1. The zero-order valence-electron chi connectivity index (χ0n) is 13.3. The standard InChI is InChI=1S/C18H13ClF2N2O2S/c19-12-3-1-2-11(6-12)7-14-9-22-18(26-14)23-17(24)10-25-16-5-4-13(20)8-15(16)21/h1-6,8-9H,7,10H2,(H,22,23,24). The zero-order chi connectivity index (χ0) is 18.5. The lowest BCUT2D eigenvalue weighted by Crippen LogP contribution is -2.20. The summed E-state index contributed by atoms with van der Waals surface area (Å²) in [6.45, 7) is -0.411. The van der Waals surface area contributed by atoms with Crippen molar-refractivity contribution in [1.29, 1.82) is 0 Å². The van der Waals surface area contributed by atoms with Crippen LogP contribution in [0.1, 0.15) is 10.4 Å². The van der Waals surface area contributed by atoms with Crippen molar-refractivity contribution in [2.24, 2.45) is 0 Å². The first-order chi connectivity index (χ1) is 12.5. The lowest BCUT2D eigenvalue weighted by molar-refractivity contribution is -0.118. The van der Waals surface area contributed by atoms with Crippen LogP contribution >= 0.6 is 22.9 Å². The SMILES string of the molecule is O=C(COc1ccc(F)cc1F)Nc1ncc(Cc2cccc(Cl)c2)s1. The number of carbonyl (C=O) groups is 1. The molecule has 0 saturated carbocycles. The Morgan fingerprint density at radius 1 is 1.23 bits per heavy atom. The third-order valence-corrected chi connectivity index (χ3v) is 4.47. The normalized spacial score (nSPS) is 10.6. The minimum Gasteiger partial charge on any atom is -0.481 e. The molecule has 0 aliphatic carbocycles. The van der Waals surface area contributed by atoms with Crippen molar-refractivity contribution in [3.05, 3.63) is 75.8 Å². The molecule has 0 spiro atoms. The third-order valence-electron chi connectivity index (χ3n) is 3.32. The van der Waals surface area contributed by atoms with Gasteiger partial charge in [-0.1, -0.05) is 23.7 Å². The summed E-state index contributed by atoms with van der Waals surface area (Å²) in [4.78, 5) is 17.0. The molecule has 8 heteroatoms. The highest BCUT2D eigenvalue weighted by atomic mass is 35.5. The van der Waals surface area contributed by atoms with Gasteiger partial charge in [0.15, 0.2) is 23.3 Å². The minimum atomic E-state index is -0.865. The summed E-state index contributed by atoms with van der Waals surface area (Å²) < 4.78 is 31.3. The molecule has 0 bridgehead atoms. The van der Waals surface area contributed by atoms with Gasteiger partial charge in [0.25, 0.3) is 5.91 Å². The summed E-state index contributed by atoms with van der Waals surface area (Å²) in [6, 6.07) is 10.4. The van der Waals surface area contributed by atoms with Gasteiger partial charge in [-0.05, 0) is 29.8 Å². The van der Waals surface area contributed by atoms with Crippen LogP contribution in [-0.4, -0.2) is 17.5 Å². The van der Waals surface area contributed by atoms with Crippen LogP contribution in [0, 0.1) is 11.6 Å². The number of rotatable bonds is 6. The molecule has 26 heavy (non-hydrogen) atoms. The molecule has 1 aromatic heterocycles. The molecule has 3 aromatic rings. The molecule has 0 saturated heterocycles. The van der Waals surface area contributed by atoms with Crippen LogP contribution in [0.2, 0.25) is 5.02 Å². The fourth-order valence-electron chi connectivity index (χ4n) is 2.19. The van der Waals surface area contributed by atoms with Gasteiger partial charge in [0, 0.05) is 28.6 Å². The Balaban J connectivity index is 1.54. The third kappa shape index (κ3) is 5.00. The Hall–Kier alpha value is -2.51. The number of hydrogen-bond donors (Lipinski definition) is 1. The zero-order valence-corrected chi connectivity index (χ0v) is 14.9. The van der Waals surface area contributed by atoms with Crippen LogP contribution in [0.15, 0.2) is 48.7 Å². The molecule has 0 aliphatic heterocycles. The maximum Gasteiger partial charge on any atom is 0.264 e. The topological polar surface area (TPSA) is 51.2 Å². The number of anilines is 1. The summed E-state index contributed by atoms with van der Waals surface area (Å²) in [6.07, 6.45) is 2.31. The van der Waals surface area contributed by atoms with Gasteiger partial charge in [0.1, 0.15) is 5.82 Å². The predicted octanol–water partition coefficient (Wildman–Crippen LogP) is 4.68. The second-order valence-electron chi connectivity index (χ2n) is 5.35. The fourth-order valence-corrected chi connectivity index (χ4v) is 3.26. The summed E-state index contributed by atoms with van der Waals surface area (Å²) in [5, 5.41) is 3.65. The number of nitrogens with zero attached hydrogens (tertiary/aromatic N) is 1. The average Bonchev–Trinajstić information content (AvgIpc) is 3.01. The van der Waals surface area contributed by atoms with Crippen molar-refractivity contribution in [2.45, 2.75) is 6.42 Å². The molecule has 2 aromatic carbocycles. The number of amides is 1. The van der Waals surface area contributed by atoms with Crippen molar-refractivity contribution >= 4 is 34.0 Å². The predicted molar refractivity (Wildman–Crippen MR) is 96.9 cm³/mol. The van der Waals surface area contributed by atoms with Gasteiger partial charge in [0.2, 0.25) is 0 Å². The minimum absolute atomic E-state index is 0.192. The van der Waals surface area contributed by atoms with Crippen molar-refractivity contribution in [1.82, 2.24) is 4.98 Å². The molecule has 0 atom stereocenters. The molecule has 134 valence electrons. The summed E-state index contributed by atoms with van der Waals surface area (Å²) in [5.74, 6) is -2.26. The van der Waals surface area contributed by atoms with E-state index in [1.807, 2.05) is 18.2 Å².